The third kappa shape index (κ3) is 6.62. The molecule has 1 fully saturated rings. The van der Waals surface area contributed by atoms with Crippen LogP contribution in [0.2, 0.25) is 0 Å². The van der Waals surface area contributed by atoms with Gasteiger partial charge in [0.25, 0.3) is 0 Å². The number of aliphatic imine (C=N–C) groups is 1. The molecule has 2 aromatic rings. The monoisotopic (exact) mass is 439 g/mol. The van der Waals surface area contributed by atoms with Gasteiger partial charge in [-0.1, -0.05) is 30.3 Å². The van der Waals surface area contributed by atoms with Gasteiger partial charge < -0.3 is 26.3 Å². The summed E-state index contributed by atoms with van der Waals surface area (Å²) in [4.78, 5) is 18.3. The lowest BCUT2D eigenvalue weighted by atomic mass is 9.97. The number of carbonyl (C=O) groups is 1. The maximum absolute atomic E-state index is 11.5. The average molecular weight is 440 g/mol. The van der Waals surface area contributed by atoms with E-state index in [1.165, 1.54) is 5.56 Å². The lowest BCUT2D eigenvalue weighted by molar-refractivity contribution is -0.123. The van der Waals surface area contributed by atoms with Crippen LogP contribution in [0.5, 0.6) is 11.5 Å². The van der Waals surface area contributed by atoms with Gasteiger partial charge in [0.15, 0.2) is 17.5 Å². The number of rotatable bonds is 9. The number of nitrogens with zero attached hydrogens (tertiary/aromatic N) is 2. The van der Waals surface area contributed by atoms with E-state index >= 15 is 0 Å². The Morgan fingerprint density at radius 3 is 2.62 bits per heavy atom. The van der Waals surface area contributed by atoms with Gasteiger partial charge >= 0.3 is 0 Å². The topological polar surface area (TPSA) is 115 Å². The van der Waals surface area contributed by atoms with Gasteiger partial charge in [-0.15, -0.1) is 0 Å². The first-order valence-electron chi connectivity index (χ1n) is 10.8. The SMILES string of the molecule is COc1ccc(CNC(N)=NCc2cccc(CN3CCCC(C(N)=O)C3)c2)cc1OC. The first kappa shape index (κ1) is 23.4. The van der Waals surface area contributed by atoms with Crippen molar-refractivity contribution in [3.63, 3.8) is 0 Å². The van der Waals surface area contributed by atoms with E-state index in [4.69, 9.17) is 20.9 Å². The lowest BCUT2D eigenvalue weighted by Crippen LogP contribution is -2.40. The molecule has 3 rings (SSSR count). The van der Waals surface area contributed by atoms with E-state index in [0.717, 1.165) is 43.6 Å². The number of likely N-dealkylation sites (tertiary alicyclic amines) is 1. The van der Waals surface area contributed by atoms with Crippen molar-refractivity contribution >= 4 is 11.9 Å². The highest BCUT2D eigenvalue weighted by molar-refractivity contribution is 5.78. The third-order valence-electron chi connectivity index (χ3n) is 5.66. The van der Waals surface area contributed by atoms with Crippen molar-refractivity contribution in [3.8, 4) is 11.5 Å². The Kier molecular flexibility index (Phi) is 8.33. The molecule has 1 heterocycles. The highest BCUT2D eigenvalue weighted by Gasteiger charge is 2.23. The Morgan fingerprint density at radius 1 is 1.09 bits per heavy atom. The van der Waals surface area contributed by atoms with Gasteiger partial charge in [0.1, 0.15) is 0 Å². The number of nitrogens with one attached hydrogen (secondary N) is 1. The number of guanidine groups is 1. The Hall–Kier alpha value is -3.26. The molecule has 8 nitrogen and oxygen atoms in total. The third-order valence-corrected chi connectivity index (χ3v) is 5.66. The van der Waals surface area contributed by atoms with Crippen LogP contribution >= 0.6 is 0 Å². The maximum atomic E-state index is 11.5. The Balaban J connectivity index is 1.53. The lowest BCUT2D eigenvalue weighted by Gasteiger charge is -2.31. The smallest absolute Gasteiger partial charge is 0.221 e. The van der Waals surface area contributed by atoms with E-state index in [-0.39, 0.29) is 11.8 Å². The number of piperidine rings is 1. The van der Waals surface area contributed by atoms with E-state index < -0.39 is 0 Å². The van der Waals surface area contributed by atoms with Crippen molar-refractivity contribution in [3.05, 3.63) is 59.2 Å². The standard InChI is InChI=1S/C24H33N5O3/c1-31-21-9-8-18(12-22(21)32-2)14-28-24(26)27-13-17-5-3-6-19(11-17)15-29-10-4-7-20(16-29)23(25)30/h3,5-6,8-9,11-12,20H,4,7,10,13-16H2,1-2H3,(H2,25,30)(H3,26,27,28). The van der Waals surface area contributed by atoms with E-state index in [9.17, 15) is 4.79 Å². The summed E-state index contributed by atoms with van der Waals surface area (Å²) in [6.45, 7) is 3.53. The quantitative estimate of drug-likeness (QED) is 0.407. The molecule has 1 aliphatic rings. The number of nitrogens with two attached hydrogens (primary N) is 2. The van der Waals surface area contributed by atoms with E-state index in [0.29, 0.717) is 30.5 Å². The number of ether oxygens (including phenoxy) is 2. The predicted molar refractivity (Wildman–Crippen MR) is 125 cm³/mol. The molecule has 0 aromatic heterocycles. The molecule has 1 atom stereocenters. The second-order valence-electron chi connectivity index (χ2n) is 8.04. The summed E-state index contributed by atoms with van der Waals surface area (Å²) in [5.74, 6) is 1.50. The predicted octanol–water partition coefficient (Wildman–Crippen LogP) is 2.01. The number of methoxy groups -OCH3 is 2. The molecule has 1 aliphatic heterocycles. The maximum Gasteiger partial charge on any atom is 0.221 e. The van der Waals surface area contributed by atoms with Crippen LogP contribution in [-0.4, -0.2) is 44.1 Å². The van der Waals surface area contributed by atoms with Crippen molar-refractivity contribution in [2.45, 2.75) is 32.5 Å². The summed E-state index contributed by atoms with van der Waals surface area (Å²) >= 11 is 0. The van der Waals surface area contributed by atoms with Crippen LogP contribution in [0.1, 0.15) is 29.5 Å². The molecular formula is C24H33N5O3. The fraction of sp³-hybridized carbons (Fsp3) is 0.417. The van der Waals surface area contributed by atoms with Gasteiger partial charge in [-0.25, -0.2) is 4.99 Å². The van der Waals surface area contributed by atoms with Crippen molar-refractivity contribution in [1.29, 1.82) is 0 Å². The average Bonchev–Trinajstić information content (AvgIpc) is 2.81. The van der Waals surface area contributed by atoms with E-state index in [1.54, 1.807) is 14.2 Å². The molecule has 2 aromatic carbocycles. The molecule has 0 saturated carbocycles. The summed E-state index contributed by atoms with van der Waals surface area (Å²) in [5, 5.41) is 3.13. The van der Waals surface area contributed by atoms with Crippen LogP contribution in [-0.2, 0) is 24.4 Å². The van der Waals surface area contributed by atoms with Crippen molar-refractivity contribution in [2.75, 3.05) is 27.3 Å². The number of primary amides is 1. The van der Waals surface area contributed by atoms with Gasteiger partial charge in [-0.2, -0.15) is 0 Å². The number of hydrogen-bond acceptors (Lipinski definition) is 5. The Labute approximate surface area is 189 Å². The zero-order valence-electron chi connectivity index (χ0n) is 18.8. The molecule has 0 radical (unpaired) electrons. The number of amides is 1. The summed E-state index contributed by atoms with van der Waals surface area (Å²) in [6.07, 6.45) is 1.88. The highest BCUT2D eigenvalue weighted by Crippen LogP contribution is 2.27. The van der Waals surface area contributed by atoms with Crippen LogP contribution in [0.15, 0.2) is 47.5 Å². The molecular weight excluding hydrogens is 406 g/mol. The summed E-state index contributed by atoms with van der Waals surface area (Å²) in [7, 11) is 3.22. The van der Waals surface area contributed by atoms with Gasteiger partial charge in [-0.05, 0) is 48.2 Å². The minimum atomic E-state index is -0.200. The highest BCUT2D eigenvalue weighted by atomic mass is 16.5. The zero-order valence-corrected chi connectivity index (χ0v) is 18.8. The second kappa shape index (κ2) is 11.4. The van der Waals surface area contributed by atoms with Crippen LogP contribution in [0, 0.1) is 5.92 Å². The molecule has 0 aliphatic carbocycles. The molecule has 32 heavy (non-hydrogen) atoms. The molecule has 1 unspecified atom stereocenters. The minimum absolute atomic E-state index is 0.0481. The largest absolute Gasteiger partial charge is 0.493 e. The zero-order chi connectivity index (χ0) is 22.9. The second-order valence-corrected chi connectivity index (χ2v) is 8.04. The van der Waals surface area contributed by atoms with E-state index in [1.807, 2.05) is 30.3 Å². The first-order chi connectivity index (χ1) is 15.5. The van der Waals surface area contributed by atoms with Crippen LogP contribution < -0.4 is 26.3 Å². The Morgan fingerprint density at radius 2 is 1.88 bits per heavy atom. The van der Waals surface area contributed by atoms with Crippen molar-refractivity contribution < 1.29 is 14.3 Å². The van der Waals surface area contributed by atoms with Crippen LogP contribution in [0.25, 0.3) is 0 Å². The molecule has 0 bridgehead atoms. The molecule has 5 N–H and O–H groups in total. The van der Waals surface area contributed by atoms with Crippen LogP contribution in [0.4, 0.5) is 0 Å². The van der Waals surface area contributed by atoms with E-state index in [2.05, 4.69) is 27.3 Å². The minimum Gasteiger partial charge on any atom is -0.493 e. The fourth-order valence-electron chi connectivity index (χ4n) is 3.93. The van der Waals surface area contributed by atoms with Gasteiger partial charge in [-0.3, -0.25) is 9.69 Å². The normalized spacial score (nSPS) is 17.1. The molecule has 8 heteroatoms. The fourth-order valence-corrected chi connectivity index (χ4v) is 3.93. The molecule has 172 valence electrons. The Bertz CT molecular complexity index is 947. The van der Waals surface area contributed by atoms with Gasteiger partial charge in [0.2, 0.25) is 5.91 Å². The molecule has 1 saturated heterocycles. The summed E-state index contributed by atoms with van der Waals surface area (Å²) in [5.41, 5.74) is 14.8. The summed E-state index contributed by atoms with van der Waals surface area (Å²) in [6, 6.07) is 14.0. The van der Waals surface area contributed by atoms with Crippen molar-refractivity contribution in [1.82, 2.24) is 10.2 Å². The molecule has 0 spiro atoms. The number of carbonyl (C=O) groups excluding carboxylic acids is 1. The van der Waals surface area contributed by atoms with Gasteiger partial charge in [0.05, 0.1) is 26.7 Å². The number of hydrogen-bond donors (Lipinski definition) is 3. The number of benzene rings is 2. The summed E-state index contributed by atoms with van der Waals surface area (Å²) < 4.78 is 10.6. The molecule has 1 amide bonds. The van der Waals surface area contributed by atoms with Gasteiger partial charge in [0, 0.05) is 19.6 Å². The van der Waals surface area contributed by atoms with Crippen LogP contribution in [0.3, 0.4) is 0 Å². The van der Waals surface area contributed by atoms with Crippen molar-refractivity contribution in [2.24, 2.45) is 22.4 Å². The first-order valence-corrected chi connectivity index (χ1v) is 10.8.